The first-order valence-electron chi connectivity index (χ1n) is 5.12. The highest BCUT2D eigenvalue weighted by Crippen LogP contribution is 2.35. The average molecular weight is 296 g/mol. The molecule has 84 valence electrons. The molecular formula is C13H14BrNS. The Balaban J connectivity index is 2.50. The maximum absolute atomic E-state index is 6.45. The minimum Gasteiger partial charge on any atom is -0.317 e. The first-order valence-corrected chi connectivity index (χ1v) is 6.73. The zero-order valence-corrected chi connectivity index (χ0v) is 11.7. The van der Waals surface area contributed by atoms with Gasteiger partial charge in [-0.3, -0.25) is 0 Å². The van der Waals surface area contributed by atoms with Crippen LogP contribution >= 0.6 is 27.3 Å². The van der Waals surface area contributed by atoms with Crippen molar-refractivity contribution in [3.05, 3.63) is 56.2 Å². The van der Waals surface area contributed by atoms with E-state index in [0.717, 1.165) is 10.0 Å². The van der Waals surface area contributed by atoms with Gasteiger partial charge in [0.25, 0.3) is 0 Å². The van der Waals surface area contributed by atoms with Crippen LogP contribution in [0.5, 0.6) is 0 Å². The van der Waals surface area contributed by atoms with Crippen molar-refractivity contribution in [2.45, 2.75) is 19.4 Å². The molecule has 0 aliphatic carbocycles. The zero-order valence-electron chi connectivity index (χ0n) is 9.33. The van der Waals surface area contributed by atoms with Crippen LogP contribution in [0.3, 0.4) is 0 Å². The summed E-state index contributed by atoms with van der Waals surface area (Å²) in [7, 11) is 0. The van der Waals surface area contributed by atoms with Crippen molar-refractivity contribution in [1.29, 1.82) is 0 Å². The lowest BCUT2D eigenvalue weighted by atomic mass is 9.92. The number of rotatable bonds is 2. The lowest BCUT2D eigenvalue weighted by Gasteiger charge is -2.25. The fourth-order valence-electron chi connectivity index (χ4n) is 1.73. The van der Waals surface area contributed by atoms with Crippen LogP contribution in [-0.2, 0) is 5.54 Å². The van der Waals surface area contributed by atoms with Crippen molar-refractivity contribution in [3.8, 4) is 0 Å². The Kier molecular flexibility index (Phi) is 3.19. The van der Waals surface area contributed by atoms with Gasteiger partial charge in [0, 0.05) is 14.2 Å². The minimum absolute atomic E-state index is 0.432. The Morgan fingerprint density at radius 3 is 2.44 bits per heavy atom. The van der Waals surface area contributed by atoms with Crippen molar-refractivity contribution in [3.63, 3.8) is 0 Å². The van der Waals surface area contributed by atoms with Crippen molar-refractivity contribution in [2.75, 3.05) is 0 Å². The number of halogens is 1. The Labute approximate surface area is 108 Å². The number of thiophene rings is 1. The van der Waals surface area contributed by atoms with Crippen LogP contribution in [0.4, 0.5) is 0 Å². The average Bonchev–Trinajstić information content (AvgIpc) is 2.66. The highest BCUT2D eigenvalue weighted by molar-refractivity contribution is 9.10. The molecule has 2 aromatic rings. The third kappa shape index (κ3) is 2.08. The SMILES string of the molecule is Cc1ccc(C(C)(N)c2ccccc2Br)s1. The highest BCUT2D eigenvalue weighted by Gasteiger charge is 2.27. The van der Waals surface area contributed by atoms with Crippen LogP contribution in [-0.4, -0.2) is 0 Å². The third-order valence-corrected chi connectivity index (χ3v) is 4.62. The van der Waals surface area contributed by atoms with E-state index in [4.69, 9.17) is 5.73 Å². The first kappa shape index (κ1) is 11.8. The highest BCUT2D eigenvalue weighted by atomic mass is 79.9. The van der Waals surface area contributed by atoms with Gasteiger partial charge in [-0.1, -0.05) is 34.1 Å². The largest absolute Gasteiger partial charge is 0.317 e. The van der Waals surface area contributed by atoms with E-state index >= 15 is 0 Å². The standard InChI is InChI=1S/C13H14BrNS/c1-9-7-8-12(16-9)13(2,15)10-5-3-4-6-11(10)14/h3-8H,15H2,1-2H3. The molecule has 0 aliphatic rings. The van der Waals surface area contributed by atoms with E-state index in [1.54, 1.807) is 11.3 Å². The summed E-state index contributed by atoms with van der Waals surface area (Å²) in [5, 5.41) is 0. The lowest BCUT2D eigenvalue weighted by molar-refractivity contribution is 0.613. The van der Waals surface area contributed by atoms with Gasteiger partial charge in [-0.25, -0.2) is 0 Å². The Morgan fingerprint density at radius 1 is 1.19 bits per heavy atom. The van der Waals surface area contributed by atoms with Gasteiger partial charge in [-0.15, -0.1) is 11.3 Å². The van der Waals surface area contributed by atoms with Gasteiger partial charge in [0.15, 0.2) is 0 Å². The van der Waals surface area contributed by atoms with Gasteiger partial charge in [-0.2, -0.15) is 0 Å². The van der Waals surface area contributed by atoms with E-state index in [0.29, 0.717) is 0 Å². The lowest BCUT2D eigenvalue weighted by Crippen LogP contribution is -2.33. The first-order chi connectivity index (χ1) is 7.51. The van der Waals surface area contributed by atoms with E-state index in [1.165, 1.54) is 9.75 Å². The molecule has 0 saturated carbocycles. The van der Waals surface area contributed by atoms with Crippen LogP contribution in [0, 0.1) is 6.92 Å². The summed E-state index contributed by atoms with van der Waals surface area (Å²) < 4.78 is 1.06. The minimum atomic E-state index is -0.432. The molecule has 16 heavy (non-hydrogen) atoms. The summed E-state index contributed by atoms with van der Waals surface area (Å²) in [6.45, 7) is 4.16. The Bertz CT molecular complexity index is 502. The molecule has 0 aliphatic heterocycles. The van der Waals surface area contributed by atoms with Crippen LogP contribution in [0.1, 0.15) is 22.2 Å². The zero-order chi connectivity index (χ0) is 11.8. The van der Waals surface area contributed by atoms with Crippen molar-refractivity contribution in [2.24, 2.45) is 5.73 Å². The third-order valence-electron chi connectivity index (χ3n) is 2.69. The summed E-state index contributed by atoms with van der Waals surface area (Å²) in [4.78, 5) is 2.48. The smallest absolute Gasteiger partial charge is 0.0741 e. The van der Waals surface area contributed by atoms with Gasteiger partial charge in [0.1, 0.15) is 0 Å². The fourth-order valence-corrected chi connectivity index (χ4v) is 3.37. The molecule has 0 amide bonds. The number of aryl methyl sites for hydroxylation is 1. The van der Waals surface area contributed by atoms with Crippen LogP contribution in [0.25, 0.3) is 0 Å². The van der Waals surface area contributed by atoms with E-state index < -0.39 is 5.54 Å². The summed E-state index contributed by atoms with van der Waals surface area (Å²) in [5.74, 6) is 0. The molecule has 2 rings (SSSR count). The molecule has 1 heterocycles. The molecule has 0 radical (unpaired) electrons. The Morgan fingerprint density at radius 2 is 1.88 bits per heavy atom. The second-order valence-corrected chi connectivity index (χ2v) is 6.23. The molecule has 2 N–H and O–H groups in total. The Hall–Kier alpha value is -0.640. The topological polar surface area (TPSA) is 26.0 Å². The second-order valence-electron chi connectivity index (χ2n) is 4.09. The van der Waals surface area contributed by atoms with E-state index in [9.17, 15) is 0 Å². The van der Waals surface area contributed by atoms with E-state index in [-0.39, 0.29) is 0 Å². The maximum atomic E-state index is 6.45. The molecular weight excluding hydrogens is 282 g/mol. The summed E-state index contributed by atoms with van der Waals surface area (Å²) in [6, 6.07) is 12.3. The molecule has 1 aromatic carbocycles. The van der Waals surface area contributed by atoms with Crippen molar-refractivity contribution in [1.82, 2.24) is 0 Å². The summed E-state index contributed by atoms with van der Waals surface area (Å²) in [5.41, 5.74) is 7.14. The molecule has 1 nitrogen and oxygen atoms in total. The normalized spacial score (nSPS) is 14.8. The number of hydrogen-bond donors (Lipinski definition) is 1. The molecule has 3 heteroatoms. The molecule has 0 saturated heterocycles. The molecule has 0 bridgehead atoms. The van der Waals surface area contributed by atoms with Crippen LogP contribution in [0.2, 0.25) is 0 Å². The number of hydrogen-bond acceptors (Lipinski definition) is 2. The molecule has 1 unspecified atom stereocenters. The number of nitrogens with two attached hydrogens (primary N) is 1. The van der Waals surface area contributed by atoms with Crippen molar-refractivity contribution < 1.29 is 0 Å². The molecule has 0 spiro atoms. The van der Waals surface area contributed by atoms with Gasteiger partial charge < -0.3 is 5.73 Å². The van der Waals surface area contributed by atoms with Crippen molar-refractivity contribution >= 4 is 27.3 Å². The van der Waals surface area contributed by atoms with Gasteiger partial charge >= 0.3 is 0 Å². The van der Waals surface area contributed by atoms with Gasteiger partial charge in [0.05, 0.1) is 5.54 Å². The van der Waals surface area contributed by atoms with E-state index in [1.807, 2.05) is 18.2 Å². The van der Waals surface area contributed by atoms with Crippen LogP contribution in [0.15, 0.2) is 40.9 Å². The quantitative estimate of drug-likeness (QED) is 0.889. The monoisotopic (exact) mass is 295 g/mol. The molecule has 1 atom stereocenters. The second kappa shape index (κ2) is 4.32. The fraction of sp³-hybridized carbons (Fsp3) is 0.231. The van der Waals surface area contributed by atoms with Gasteiger partial charge in [-0.05, 0) is 37.6 Å². The predicted octanol–water partition coefficient (Wildman–Crippen LogP) is 4.04. The van der Waals surface area contributed by atoms with E-state index in [2.05, 4.69) is 48.0 Å². The predicted molar refractivity (Wildman–Crippen MR) is 73.8 cm³/mol. The van der Waals surface area contributed by atoms with Crippen LogP contribution < -0.4 is 5.73 Å². The summed E-state index contributed by atoms with van der Waals surface area (Å²) in [6.07, 6.45) is 0. The van der Waals surface area contributed by atoms with Gasteiger partial charge in [0.2, 0.25) is 0 Å². The number of benzene rings is 1. The molecule has 1 aromatic heterocycles. The molecule has 0 fully saturated rings. The summed E-state index contributed by atoms with van der Waals surface area (Å²) >= 11 is 5.31. The maximum Gasteiger partial charge on any atom is 0.0741 e.